The highest BCUT2D eigenvalue weighted by Gasteiger charge is 2.22. The zero-order valence-electron chi connectivity index (χ0n) is 15.3. The Morgan fingerprint density at radius 2 is 1.79 bits per heavy atom. The van der Waals surface area contributed by atoms with Gasteiger partial charge in [0.1, 0.15) is 9.96 Å². The van der Waals surface area contributed by atoms with Gasteiger partial charge < -0.3 is 10.1 Å². The topological polar surface area (TPSA) is 122 Å². The summed E-state index contributed by atoms with van der Waals surface area (Å²) < 4.78 is 55.8. The fourth-order valence-corrected chi connectivity index (χ4v) is 4.90. The van der Waals surface area contributed by atoms with Crippen LogP contribution in [-0.4, -0.2) is 55.7 Å². The van der Waals surface area contributed by atoms with Gasteiger partial charge in [0, 0.05) is 20.1 Å². The number of carbonyl (C=O) groups excluding carboxylic acids is 1. The first kappa shape index (κ1) is 22.1. The van der Waals surface area contributed by atoms with Crippen LogP contribution in [0.3, 0.4) is 0 Å². The highest BCUT2D eigenvalue weighted by Crippen LogP contribution is 2.26. The number of nitrogens with one attached hydrogen (secondary N) is 2. The summed E-state index contributed by atoms with van der Waals surface area (Å²) >= 11 is 1.14. The number of hydrogen-bond acceptors (Lipinski definition) is 7. The van der Waals surface area contributed by atoms with Gasteiger partial charge in [0.25, 0.3) is 15.9 Å². The summed E-state index contributed by atoms with van der Waals surface area (Å²) in [4.78, 5) is 11.7. The van der Waals surface area contributed by atoms with Crippen LogP contribution in [0.4, 0.5) is 5.69 Å². The van der Waals surface area contributed by atoms with Crippen LogP contribution in [0.2, 0.25) is 0 Å². The fraction of sp³-hybridized carbons (Fsp3) is 0.312. The van der Waals surface area contributed by atoms with Crippen LogP contribution >= 0.6 is 11.3 Å². The fourth-order valence-electron chi connectivity index (χ4n) is 2.07. The monoisotopic (exact) mass is 447 g/mol. The Kier molecular flexibility index (Phi) is 7.41. The van der Waals surface area contributed by atoms with Gasteiger partial charge in [0.05, 0.1) is 11.9 Å². The van der Waals surface area contributed by atoms with E-state index in [0.717, 1.165) is 17.6 Å². The number of nitrogens with zero attached hydrogens (tertiary/aromatic N) is 1. The number of benzene rings is 1. The molecule has 0 spiro atoms. The van der Waals surface area contributed by atoms with Gasteiger partial charge in [0.15, 0.2) is 6.61 Å². The van der Waals surface area contributed by atoms with Gasteiger partial charge in [-0.05, 0) is 35.7 Å². The quantitative estimate of drug-likeness (QED) is 0.515. The Hall–Kier alpha value is -2.15. The van der Waals surface area contributed by atoms with Crippen molar-refractivity contribution in [1.29, 1.82) is 0 Å². The second-order valence-corrected chi connectivity index (χ2v) is 10.7. The molecule has 0 saturated heterocycles. The number of hydrogen-bond donors (Lipinski definition) is 2. The molecule has 0 atom stereocenters. The number of ether oxygens (including phenoxy) is 1. The van der Waals surface area contributed by atoms with Crippen molar-refractivity contribution in [3.8, 4) is 5.75 Å². The van der Waals surface area contributed by atoms with Crippen LogP contribution < -0.4 is 19.1 Å². The Bertz CT molecular complexity index is 987. The predicted molar refractivity (Wildman–Crippen MR) is 108 cm³/mol. The lowest BCUT2D eigenvalue weighted by Gasteiger charge is -2.18. The second kappa shape index (κ2) is 9.37. The SMILES string of the molecule is CN(c1ccc(OCC(=O)NCCNS(C)(=O)=O)cc1)S(=O)(=O)c1cccs1. The van der Waals surface area contributed by atoms with Crippen LogP contribution in [0.15, 0.2) is 46.0 Å². The molecule has 1 amide bonds. The first-order valence-electron chi connectivity index (χ1n) is 8.06. The van der Waals surface area contributed by atoms with Crippen LogP contribution in [0.25, 0.3) is 0 Å². The molecule has 9 nitrogen and oxygen atoms in total. The maximum absolute atomic E-state index is 12.5. The minimum Gasteiger partial charge on any atom is -0.484 e. The summed E-state index contributed by atoms with van der Waals surface area (Å²) in [6.07, 6.45) is 1.03. The molecule has 2 aromatic rings. The van der Waals surface area contributed by atoms with E-state index in [1.54, 1.807) is 35.7 Å². The number of carbonyl (C=O) groups is 1. The molecule has 2 rings (SSSR count). The highest BCUT2D eigenvalue weighted by atomic mass is 32.2. The number of rotatable bonds is 10. The molecule has 12 heteroatoms. The predicted octanol–water partition coefficient (Wildman–Crippen LogP) is 0.617. The van der Waals surface area contributed by atoms with Crippen molar-refractivity contribution in [1.82, 2.24) is 10.0 Å². The molecule has 0 saturated carbocycles. The molecule has 28 heavy (non-hydrogen) atoms. The van der Waals surface area contributed by atoms with E-state index >= 15 is 0 Å². The molecule has 0 fully saturated rings. The number of anilines is 1. The van der Waals surface area contributed by atoms with Gasteiger partial charge in [-0.1, -0.05) is 6.07 Å². The molecule has 0 unspecified atom stereocenters. The lowest BCUT2D eigenvalue weighted by atomic mass is 10.3. The Morgan fingerprint density at radius 1 is 1.11 bits per heavy atom. The highest BCUT2D eigenvalue weighted by molar-refractivity contribution is 7.94. The molecule has 0 radical (unpaired) electrons. The summed E-state index contributed by atoms with van der Waals surface area (Å²) in [6, 6.07) is 9.49. The van der Waals surface area contributed by atoms with E-state index in [9.17, 15) is 21.6 Å². The van der Waals surface area contributed by atoms with Gasteiger partial charge in [0.2, 0.25) is 10.0 Å². The molecule has 1 aromatic heterocycles. The number of sulfonamides is 2. The van der Waals surface area contributed by atoms with Crippen LogP contribution in [0, 0.1) is 0 Å². The van der Waals surface area contributed by atoms with Crippen molar-refractivity contribution < 1.29 is 26.4 Å². The van der Waals surface area contributed by atoms with Crippen LogP contribution in [0.1, 0.15) is 0 Å². The van der Waals surface area contributed by atoms with E-state index in [4.69, 9.17) is 4.74 Å². The molecule has 0 aliphatic heterocycles. The van der Waals surface area contributed by atoms with Crippen molar-refractivity contribution in [3.63, 3.8) is 0 Å². The lowest BCUT2D eigenvalue weighted by molar-refractivity contribution is -0.123. The summed E-state index contributed by atoms with van der Waals surface area (Å²) in [5, 5.41) is 4.21. The average molecular weight is 448 g/mol. The average Bonchev–Trinajstić information content (AvgIpc) is 3.18. The van der Waals surface area contributed by atoms with E-state index in [1.165, 1.54) is 17.4 Å². The lowest BCUT2D eigenvalue weighted by Crippen LogP contribution is -2.36. The third kappa shape index (κ3) is 6.48. The molecular formula is C16H21N3O6S3. The van der Waals surface area contributed by atoms with Gasteiger partial charge >= 0.3 is 0 Å². The Morgan fingerprint density at radius 3 is 2.36 bits per heavy atom. The standard InChI is InChI=1S/C16H21N3O6S3/c1-19(28(23,24)16-4-3-11-26-16)13-5-7-14(8-6-13)25-12-15(20)17-9-10-18-27(2,21)22/h3-8,11,18H,9-10,12H2,1-2H3,(H,17,20). The van der Waals surface area contributed by atoms with Gasteiger partial charge in [-0.25, -0.2) is 21.6 Å². The van der Waals surface area contributed by atoms with Gasteiger partial charge in [-0.3, -0.25) is 9.10 Å². The van der Waals surface area contributed by atoms with Crippen molar-refractivity contribution in [2.75, 3.05) is 37.3 Å². The summed E-state index contributed by atoms with van der Waals surface area (Å²) in [7, 11) is -5.44. The molecule has 0 aliphatic carbocycles. The zero-order valence-corrected chi connectivity index (χ0v) is 17.7. The first-order chi connectivity index (χ1) is 13.1. The minimum absolute atomic E-state index is 0.0876. The molecule has 154 valence electrons. The van der Waals surface area contributed by atoms with Crippen molar-refractivity contribution in [3.05, 3.63) is 41.8 Å². The second-order valence-electron chi connectivity index (χ2n) is 5.70. The van der Waals surface area contributed by atoms with Crippen molar-refractivity contribution in [2.45, 2.75) is 4.21 Å². The summed E-state index contributed by atoms with van der Waals surface area (Å²) in [5.41, 5.74) is 0.456. The number of amides is 1. The van der Waals surface area contributed by atoms with Crippen molar-refractivity contribution >= 4 is 43.0 Å². The molecule has 1 aromatic carbocycles. The van der Waals surface area contributed by atoms with Crippen LogP contribution in [-0.2, 0) is 24.8 Å². The largest absolute Gasteiger partial charge is 0.484 e. The van der Waals surface area contributed by atoms with Gasteiger partial charge in [-0.2, -0.15) is 0 Å². The molecule has 0 bridgehead atoms. The first-order valence-corrected chi connectivity index (χ1v) is 12.3. The molecule has 1 heterocycles. The zero-order chi connectivity index (χ0) is 20.8. The van der Waals surface area contributed by atoms with E-state index in [0.29, 0.717) is 11.4 Å². The maximum Gasteiger partial charge on any atom is 0.273 e. The normalized spacial score (nSPS) is 11.8. The van der Waals surface area contributed by atoms with E-state index < -0.39 is 26.0 Å². The summed E-state index contributed by atoms with van der Waals surface area (Å²) in [6.45, 7) is -0.0224. The van der Waals surface area contributed by atoms with Crippen molar-refractivity contribution in [2.24, 2.45) is 0 Å². The maximum atomic E-state index is 12.5. The summed E-state index contributed by atoms with van der Waals surface area (Å²) in [5.74, 6) is -0.00755. The Labute approximate surface area is 168 Å². The Balaban J connectivity index is 1.85. The number of thiophene rings is 1. The third-order valence-electron chi connectivity index (χ3n) is 3.49. The molecule has 2 N–H and O–H groups in total. The van der Waals surface area contributed by atoms with E-state index in [-0.39, 0.29) is 23.9 Å². The smallest absolute Gasteiger partial charge is 0.273 e. The molecule has 0 aliphatic rings. The van der Waals surface area contributed by atoms with Gasteiger partial charge in [-0.15, -0.1) is 11.3 Å². The minimum atomic E-state index is -3.61. The molecular weight excluding hydrogens is 426 g/mol. The third-order valence-corrected chi connectivity index (χ3v) is 7.38. The van der Waals surface area contributed by atoms with Crippen LogP contribution in [0.5, 0.6) is 5.75 Å². The van der Waals surface area contributed by atoms with E-state index in [2.05, 4.69) is 10.0 Å². The van der Waals surface area contributed by atoms with E-state index in [1.807, 2.05) is 0 Å².